The molecule has 70 valence electrons. The van der Waals surface area contributed by atoms with Crippen molar-refractivity contribution in [2.24, 2.45) is 0 Å². The van der Waals surface area contributed by atoms with Crippen LogP contribution in [0.1, 0.15) is 27.7 Å². The Hall–Kier alpha value is -0.495. The normalized spacial score (nSPS) is 28.2. The van der Waals surface area contributed by atoms with Gasteiger partial charge in [-0.3, -0.25) is 0 Å². The number of rotatable bonds is 0. The second-order valence-electron chi connectivity index (χ2n) is 5.26. The lowest BCUT2D eigenvalue weighted by molar-refractivity contribution is 0.282. The molecule has 1 aliphatic carbocycles. The Bertz CT molecular complexity index is 283. The largest absolute Gasteiger partial charge is 0.336 e. The summed E-state index contributed by atoms with van der Waals surface area (Å²) in [5.41, 5.74) is 3.49. The minimum Gasteiger partial charge on any atom is -0.336 e. The lowest BCUT2D eigenvalue weighted by atomic mass is 9.71. The van der Waals surface area contributed by atoms with Crippen LogP contribution in [0.2, 0.25) is 5.82 Å². The summed E-state index contributed by atoms with van der Waals surface area (Å²) in [6.45, 7) is 10.3. The number of nitrogens with zero attached hydrogens (tertiary/aromatic N) is 1. The molecule has 1 unspecified atom stereocenters. The van der Waals surface area contributed by atoms with E-state index in [9.17, 15) is 0 Å². The summed E-state index contributed by atoms with van der Waals surface area (Å²) in [6.07, 6.45) is 4.59. The number of hydrogen-bond donors (Lipinski definition) is 0. The molecular weight excluding hydrogens is 157 g/mol. The van der Waals surface area contributed by atoms with Gasteiger partial charge in [0.1, 0.15) is 0 Å². The van der Waals surface area contributed by atoms with Crippen molar-refractivity contribution in [1.82, 2.24) is 4.81 Å². The molecule has 0 aromatic carbocycles. The average molecular weight is 175 g/mol. The monoisotopic (exact) mass is 175 g/mol. The Labute approximate surface area is 81.8 Å². The van der Waals surface area contributed by atoms with Gasteiger partial charge in [0.05, 0.1) is 0 Å². The molecule has 1 nitrogen and oxygen atoms in total. The van der Waals surface area contributed by atoms with E-state index < -0.39 is 0 Å². The van der Waals surface area contributed by atoms with Crippen molar-refractivity contribution in [3.63, 3.8) is 0 Å². The Morgan fingerprint density at radius 3 is 2.62 bits per heavy atom. The fraction of sp³-hybridized carbons (Fsp3) is 0.636. The quantitative estimate of drug-likeness (QED) is 0.509. The fourth-order valence-electron chi connectivity index (χ4n) is 2.20. The molecule has 1 saturated heterocycles. The maximum atomic E-state index is 2.57. The first kappa shape index (κ1) is 9.08. The molecule has 2 aliphatic rings. The number of allylic oxidation sites excluding steroid dienone is 3. The number of hydrogen-bond acceptors (Lipinski definition) is 1. The van der Waals surface area contributed by atoms with Gasteiger partial charge in [-0.1, -0.05) is 23.3 Å². The van der Waals surface area contributed by atoms with Crippen LogP contribution in [0, 0.1) is 0 Å². The molecule has 0 N–H and O–H groups in total. The highest BCUT2D eigenvalue weighted by atomic mass is 15.1. The van der Waals surface area contributed by atoms with Crippen molar-refractivity contribution >= 4 is 7.41 Å². The van der Waals surface area contributed by atoms with E-state index in [0.717, 1.165) is 5.82 Å². The molecular formula is C11H18BN. The fourth-order valence-corrected chi connectivity index (χ4v) is 2.20. The van der Waals surface area contributed by atoms with Crippen LogP contribution >= 0.6 is 0 Å². The SMILES string of the molecule is CC1=CC=C2CN(C(C)(C)C)BC12. The van der Waals surface area contributed by atoms with Crippen molar-refractivity contribution in [2.45, 2.75) is 39.1 Å². The molecule has 0 amide bonds. The van der Waals surface area contributed by atoms with Crippen molar-refractivity contribution in [3.05, 3.63) is 23.3 Å². The van der Waals surface area contributed by atoms with E-state index in [1.807, 2.05) is 0 Å². The third-order valence-corrected chi connectivity index (χ3v) is 3.28. The van der Waals surface area contributed by atoms with Crippen molar-refractivity contribution in [3.8, 4) is 0 Å². The van der Waals surface area contributed by atoms with Crippen molar-refractivity contribution in [2.75, 3.05) is 6.54 Å². The van der Waals surface area contributed by atoms with Gasteiger partial charge in [0.25, 0.3) is 0 Å². The maximum absolute atomic E-state index is 2.57. The first-order valence-electron chi connectivity index (χ1n) is 5.11. The first-order chi connectivity index (χ1) is 5.98. The van der Waals surface area contributed by atoms with Gasteiger partial charge in [-0.2, -0.15) is 0 Å². The summed E-state index contributed by atoms with van der Waals surface area (Å²) in [5, 5.41) is 0. The second-order valence-corrected chi connectivity index (χ2v) is 5.26. The summed E-state index contributed by atoms with van der Waals surface area (Å²) in [7, 11) is 1.22. The van der Waals surface area contributed by atoms with Gasteiger partial charge in [-0.15, -0.1) is 0 Å². The third kappa shape index (κ3) is 1.48. The Balaban J connectivity index is 2.13. The second kappa shape index (κ2) is 2.75. The Morgan fingerprint density at radius 2 is 2.08 bits per heavy atom. The highest BCUT2D eigenvalue weighted by Gasteiger charge is 2.36. The highest BCUT2D eigenvalue weighted by molar-refractivity contribution is 6.39. The number of fused-ring (bicyclic) bond motifs is 1. The standard InChI is InChI=1S/C11H18BN/c1-8-5-6-9-7-13(11(2,3)4)12-10(8)9/h5-6,10,12H,7H2,1-4H3. The zero-order valence-electron chi connectivity index (χ0n) is 9.09. The summed E-state index contributed by atoms with van der Waals surface area (Å²) in [4.78, 5) is 2.57. The molecule has 1 atom stereocenters. The van der Waals surface area contributed by atoms with Crippen LogP contribution in [0.3, 0.4) is 0 Å². The van der Waals surface area contributed by atoms with Gasteiger partial charge in [0.15, 0.2) is 0 Å². The molecule has 0 saturated carbocycles. The van der Waals surface area contributed by atoms with E-state index in [-0.39, 0.29) is 0 Å². The molecule has 13 heavy (non-hydrogen) atoms. The molecule has 0 radical (unpaired) electrons. The van der Waals surface area contributed by atoms with Gasteiger partial charge in [0, 0.05) is 12.1 Å². The lowest BCUT2D eigenvalue weighted by Crippen LogP contribution is -2.41. The summed E-state index contributed by atoms with van der Waals surface area (Å²) in [6, 6.07) is 0. The summed E-state index contributed by atoms with van der Waals surface area (Å²) < 4.78 is 0. The molecule has 0 aromatic rings. The van der Waals surface area contributed by atoms with Crippen LogP contribution in [0.5, 0.6) is 0 Å². The van der Waals surface area contributed by atoms with Crippen LogP contribution < -0.4 is 0 Å². The third-order valence-electron chi connectivity index (χ3n) is 3.28. The van der Waals surface area contributed by atoms with E-state index in [2.05, 4.69) is 44.7 Å². The first-order valence-corrected chi connectivity index (χ1v) is 5.11. The van der Waals surface area contributed by atoms with Crippen LogP contribution in [-0.4, -0.2) is 24.3 Å². The Morgan fingerprint density at radius 1 is 1.38 bits per heavy atom. The molecule has 0 aromatic heterocycles. The van der Waals surface area contributed by atoms with Gasteiger partial charge < -0.3 is 4.81 Å². The molecule has 2 rings (SSSR count). The van der Waals surface area contributed by atoms with Crippen LogP contribution in [0.4, 0.5) is 0 Å². The van der Waals surface area contributed by atoms with Crippen molar-refractivity contribution in [1.29, 1.82) is 0 Å². The minimum absolute atomic E-state index is 0.325. The topological polar surface area (TPSA) is 3.24 Å². The molecule has 1 aliphatic heterocycles. The molecule has 1 fully saturated rings. The molecule has 2 heteroatoms. The van der Waals surface area contributed by atoms with E-state index in [1.165, 1.54) is 14.0 Å². The van der Waals surface area contributed by atoms with Gasteiger partial charge in [-0.25, -0.2) is 0 Å². The van der Waals surface area contributed by atoms with E-state index >= 15 is 0 Å². The predicted molar refractivity (Wildman–Crippen MR) is 59.2 cm³/mol. The van der Waals surface area contributed by atoms with Gasteiger partial charge >= 0.3 is 0 Å². The zero-order valence-corrected chi connectivity index (χ0v) is 9.09. The van der Waals surface area contributed by atoms with E-state index in [4.69, 9.17) is 0 Å². The van der Waals surface area contributed by atoms with Crippen LogP contribution in [-0.2, 0) is 0 Å². The highest BCUT2D eigenvalue weighted by Crippen LogP contribution is 2.39. The van der Waals surface area contributed by atoms with Gasteiger partial charge in [0.2, 0.25) is 7.41 Å². The summed E-state index contributed by atoms with van der Waals surface area (Å²) in [5.74, 6) is 0.735. The van der Waals surface area contributed by atoms with Crippen LogP contribution in [0.15, 0.2) is 23.3 Å². The summed E-state index contributed by atoms with van der Waals surface area (Å²) >= 11 is 0. The zero-order chi connectivity index (χ0) is 9.64. The predicted octanol–water partition coefficient (Wildman–Crippen LogP) is 2.13. The lowest BCUT2D eigenvalue weighted by Gasteiger charge is -2.31. The van der Waals surface area contributed by atoms with E-state index in [1.54, 1.807) is 11.1 Å². The minimum atomic E-state index is 0.325. The molecule has 0 bridgehead atoms. The average Bonchev–Trinajstić information content (AvgIpc) is 2.51. The van der Waals surface area contributed by atoms with Gasteiger partial charge in [-0.05, 0) is 33.5 Å². The smallest absolute Gasteiger partial charge is 0.216 e. The Kier molecular flexibility index (Phi) is 1.92. The maximum Gasteiger partial charge on any atom is 0.216 e. The molecule has 1 heterocycles. The van der Waals surface area contributed by atoms with Crippen molar-refractivity contribution < 1.29 is 0 Å². The van der Waals surface area contributed by atoms with E-state index in [0.29, 0.717) is 5.54 Å². The molecule has 0 spiro atoms. The van der Waals surface area contributed by atoms with Crippen LogP contribution in [0.25, 0.3) is 0 Å².